The van der Waals surface area contributed by atoms with Crippen molar-refractivity contribution in [3.05, 3.63) is 33.3 Å². The van der Waals surface area contributed by atoms with Gasteiger partial charge in [0.1, 0.15) is 5.82 Å². The van der Waals surface area contributed by atoms with Gasteiger partial charge in [-0.05, 0) is 9.91 Å². The van der Waals surface area contributed by atoms with Crippen LogP contribution in [0, 0.1) is 15.9 Å². The average molecular weight is 264 g/mol. The molecular formula is C9H7F3N2O4. The van der Waals surface area contributed by atoms with Gasteiger partial charge in [0.05, 0.1) is 19.1 Å². The predicted octanol–water partition coefficient (Wildman–Crippen LogP) is 1.78. The number of carbonyl (C=O) groups is 1. The summed E-state index contributed by atoms with van der Waals surface area (Å²) in [4.78, 5) is 23.4. The smallest absolute Gasteiger partial charge is 0.370 e. The van der Waals surface area contributed by atoms with Crippen LogP contribution in [0.15, 0.2) is 6.07 Å². The maximum Gasteiger partial charge on any atom is 0.370 e. The zero-order valence-electron chi connectivity index (χ0n) is 9.02. The van der Waals surface area contributed by atoms with E-state index in [1.165, 1.54) is 0 Å². The summed E-state index contributed by atoms with van der Waals surface area (Å²) in [6.45, 7) is 0. The second-order valence-corrected chi connectivity index (χ2v) is 3.14. The lowest BCUT2D eigenvalue weighted by Gasteiger charge is -2.04. The molecule has 0 saturated carbocycles. The Morgan fingerprint density at radius 3 is 2.67 bits per heavy atom. The fourth-order valence-corrected chi connectivity index (χ4v) is 1.19. The predicted molar refractivity (Wildman–Crippen MR) is 51.5 cm³/mol. The molecule has 0 N–H and O–H groups in total. The molecule has 0 radical (unpaired) electrons. The highest BCUT2D eigenvalue weighted by atomic mass is 19.3. The Bertz CT molecular complexity index is 493. The molecule has 98 valence electrons. The van der Waals surface area contributed by atoms with Crippen molar-refractivity contribution < 1.29 is 27.6 Å². The molecule has 18 heavy (non-hydrogen) atoms. The zero-order valence-corrected chi connectivity index (χ0v) is 9.02. The van der Waals surface area contributed by atoms with Crippen LogP contribution < -0.4 is 0 Å². The first kappa shape index (κ1) is 13.9. The number of carbonyl (C=O) groups excluding carboxylic acids is 1. The van der Waals surface area contributed by atoms with Crippen LogP contribution in [0.3, 0.4) is 0 Å². The van der Waals surface area contributed by atoms with Crippen LogP contribution in [0.2, 0.25) is 0 Å². The van der Waals surface area contributed by atoms with Crippen LogP contribution in [0.4, 0.5) is 19.0 Å². The number of hydrogen-bond acceptors (Lipinski definition) is 5. The molecular weight excluding hydrogens is 257 g/mol. The first-order chi connectivity index (χ1) is 8.36. The van der Waals surface area contributed by atoms with Crippen LogP contribution in [0.5, 0.6) is 0 Å². The number of aromatic nitrogens is 1. The van der Waals surface area contributed by atoms with E-state index in [1.54, 1.807) is 0 Å². The molecule has 0 spiro atoms. The van der Waals surface area contributed by atoms with Gasteiger partial charge in [-0.3, -0.25) is 4.79 Å². The first-order valence-corrected chi connectivity index (χ1v) is 4.55. The molecule has 0 fully saturated rings. The van der Waals surface area contributed by atoms with E-state index in [1.807, 2.05) is 0 Å². The number of halogens is 3. The van der Waals surface area contributed by atoms with E-state index in [2.05, 4.69) is 9.72 Å². The Morgan fingerprint density at radius 2 is 2.22 bits per heavy atom. The molecule has 0 aliphatic carbocycles. The summed E-state index contributed by atoms with van der Waals surface area (Å²) < 4.78 is 42.3. The lowest BCUT2D eigenvalue weighted by Crippen LogP contribution is -2.11. The van der Waals surface area contributed by atoms with E-state index >= 15 is 0 Å². The Morgan fingerprint density at radius 1 is 1.61 bits per heavy atom. The number of ether oxygens (including phenoxy) is 1. The quantitative estimate of drug-likeness (QED) is 0.470. The zero-order chi connectivity index (χ0) is 13.9. The second-order valence-electron chi connectivity index (χ2n) is 3.14. The van der Waals surface area contributed by atoms with Crippen molar-refractivity contribution in [1.82, 2.24) is 4.98 Å². The number of hydrogen-bond donors (Lipinski definition) is 0. The Balaban J connectivity index is 3.31. The maximum absolute atomic E-state index is 13.4. The number of nitrogens with zero attached hydrogens (tertiary/aromatic N) is 2. The van der Waals surface area contributed by atoms with Crippen molar-refractivity contribution in [2.75, 3.05) is 7.11 Å². The van der Waals surface area contributed by atoms with Crippen molar-refractivity contribution in [1.29, 1.82) is 0 Å². The molecule has 6 nitrogen and oxygen atoms in total. The standard InChI is InChI=1S/C9H7F3N2O4/c1-18-7(15)2-4-5(10)3-6(8(11)12)13-9(4)14(16)17/h3,8H,2H2,1H3. The first-order valence-electron chi connectivity index (χ1n) is 4.55. The lowest BCUT2D eigenvalue weighted by atomic mass is 10.1. The third-order valence-electron chi connectivity index (χ3n) is 2.01. The molecule has 1 aromatic heterocycles. The van der Waals surface area contributed by atoms with Gasteiger partial charge in [-0.1, -0.05) is 0 Å². The van der Waals surface area contributed by atoms with E-state index in [0.29, 0.717) is 6.07 Å². The van der Waals surface area contributed by atoms with Crippen LogP contribution >= 0.6 is 0 Å². The number of esters is 1. The topological polar surface area (TPSA) is 82.3 Å². The third-order valence-corrected chi connectivity index (χ3v) is 2.01. The monoisotopic (exact) mass is 264 g/mol. The summed E-state index contributed by atoms with van der Waals surface area (Å²) in [5.74, 6) is -3.35. The minimum Gasteiger partial charge on any atom is -0.469 e. The highest BCUT2D eigenvalue weighted by Crippen LogP contribution is 2.26. The summed E-state index contributed by atoms with van der Waals surface area (Å²) in [7, 11) is 1.01. The molecule has 0 aliphatic heterocycles. The fraction of sp³-hybridized carbons (Fsp3) is 0.333. The molecule has 1 heterocycles. The van der Waals surface area contributed by atoms with Crippen molar-refractivity contribution in [3.8, 4) is 0 Å². The normalized spacial score (nSPS) is 10.5. The largest absolute Gasteiger partial charge is 0.469 e. The molecule has 0 unspecified atom stereocenters. The van der Waals surface area contributed by atoms with Gasteiger partial charge in [-0.15, -0.1) is 0 Å². The van der Waals surface area contributed by atoms with Crippen LogP contribution in [0.25, 0.3) is 0 Å². The van der Waals surface area contributed by atoms with Crippen molar-refractivity contribution >= 4 is 11.8 Å². The van der Waals surface area contributed by atoms with E-state index in [-0.39, 0.29) is 0 Å². The molecule has 9 heteroatoms. The fourth-order valence-electron chi connectivity index (χ4n) is 1.19. The number of nitro groups is 1. The highest BCUT2D eigenvalue weighted by molar-refractivity contribution is 5.73. The van der Waals surface area contributed by atoms with E-state index < -0.39 is 46.6 Å². The Hall–Kier alpha value is -2.19. The number of alkyl halides is 2. The number of pyridine rings is 1. The van der Waals surface area contributed by atoms with Gasteiger partial charge in [-0.25, -0.2) is 13.2 Å². The third kappa shape index (κ3) is 2.93. The van der Waals surface area contributed by atoms with E-state index in [4.69, 9.17) is 0 Å². The van der Waals surface area contributed by atoms with Gasteiger partial charge >= 0.3 is 18.2 Å². The lowest BCUT2D eigenvalue weighted by molar-refractivity contribution is -0.390. The molecule has 0 aliphatic rings. The van der Waals surface area contributed by atoms with Gasteiger partial charge < -0.3 is 14.9 Å². The molecule has 0 saturated heterocycles. The van der Waals surface area contributed by atoms with Crippen molar-refractivity contribution in [2.45, 2.75) is 12.8 Å². The minimum absolute atomic E-state index is 0.357. The molecule has 0 bridgehead atoms. The summed E-state index contributed by atoms with van der Waals surface area (Å²) in [5, 5.41) is 10.6. The van der Waals surface area contributed by atoms with Gasteiger partial charge in [-0.2, -0.15) is 0 Å². The van der Waals surface area contributed by atoms with Crippen molar-refractivity contribution in [2.24, 2.45) is 0 Å². The van der Waals surface area contributed by atoms with E-state index in [0.717, 1.165) is 7.11 Å². The molecule has 0 aromatic carbocycles. The van der Waals surface area contributed by atoms with Crippen molar-refractivity contribution in [3.63, 3.8) is 0 Å². The minimum atomic E-state index is -3.15. The van der Waals surface area contributed by atoms with E-state index in [9.17, 15) is 28.1 Å². The number of rotatable bonds is 4. The van der Waals surface area contributed by atoms with Gasteiger partial charge in [0, 0.05) is 6.07 Å². The molecule has 1 rings (SSSR count). The van der Waals surface area contributed by atoms with Gasteiger partial charge in [0.15, 0.2) is 0 Å². The number of methoxy groups -OCH3 is 1. The van der Waals surface area contributed by atoms with Gasteiger partial charge in [0.2, 0.25) is 5.69 Å². The van der Waals surface area contributed by atoms with Crippen LogP contribution in [-0.2, 0) is 16.0 Å². The van der Waals surface area contributed by atoms with Crippen LogP contribution in [-0.4, -0.2) is 23.0 Å². The Labute approximate surface area is 98.5 Å². The maximum atomic E-state index is 13.4. The Kier molecular flexibility index (Phi) is 4.18. The summed E-state index contributed by atoms with van der Waals surface area (Å²) in [6.07, 6.45) is -3.90. The summed E-state index contributed by atoms with van der Waals surface area (Å²) in [5.41, 5.74) is -1.75. The van der Waals surface area contributed by atoms with Crippen LogP contribution in [0.1, 0.15) is 17.7 Å². The highest BCUT2D eigenvalue weighted by Gasteiger charge is 2.28. The molecule has 1 aromatic rings. The average Bonchev–Trinajstić information content (AvgIpc) is 2.30. The summed E-state index contributed by atoms with van der Waals surface area (Å²) >= 11 is 0. The summed E-state index contributed by atoms with van der Waals surface area (Å²) in [6, 6.07) is 0.357. The van der Waals surface area contributed by atoms with Gasteiger partial charge in [0.25, 0.3) is 0 Å². The SMILES string of the molecule is COC(=O)Cc1c(F)cc(C(F)F)nc1[N+](=O)[O-]. The molecule has 0 atom stereocenters. The molecule has 0 amide bonds. The second kappa shape index (κ2) is 5.43.